The maximum Gasteiger partial charge on any atom is 0.287 e. The molecule has 1 aliphatic carbocycles. The number of amides is 1. The molecule has 2 aromatic rings. The number of nitrogens with zero attached hydrogens (tertiary/aromatic N) is 2. The molecule has 0 unspecified atom stereocenters. The topological polar surface area (TPSA) is 101 Å². The van der Waals surface area contributed by atoms with Gasteiger partial charge in [0.2, 0.25) is 0 Å². The Kier molecular flexibility index (Phi) is 7.61. The number of aryl methyl sites for hydroxylation is 1. The fourth-order valence-corrected chi connectivity index (χ4v) is 5.74. The maximum absolute atomic E-state index is 12.9. The van der Waals surface area contributed by atoms with Crippen LogP contribution in [-0.4, -0.2) is 52.0 Å². The summed E-state index contributed by atoms with van der Waals surface area (Å²) < 4.78 is 7.18. The van der Waals surface area contributed by atoms with Crippen LogP contribution in [0.5, 0.6) is 0 Å². The zero-order valence-corrected chi connectivity index (χ0v) is 20.8. The molecule has 0 radical (unpaired) electrons. The lowest BCUT2D eigenvalue weighted by Crippen LogP contribution is -2.51. The van der Waals surface area contributed by atoms with E-state index in [9.17, 15) is 9.59 Å². The standard InChI is InChI=1S/C24H35N5O3S/c1-14-9-21(33-4)19(23(30)27-14)10-26-24(31)22-25-11-20(29(22)3)15(2)16-5-7-17(8-6-16)28-18-12-32-13-18/h9,11,15-18,28H,5-8,10,12-13H2,1-4H3,(H,26,31)(H,27,30)/t15-,16?,17?/m1/s1. The number of rotatable bonds is 8. The Morgan fingerprint density at radius 1 is 1.30 bits per heavy atom. The molecular weight excluding hydrogens is 438 g/mol. The Labute approximate surface area is 199 Å². The summed E-state index contributed by atoms with van der Waals surface area (Å²) in [7, 11) is 1.91. The molecule has 2 aromatic heterocycles. The predicted octanol–water partition coefficient (Wildman–Crippen LogP) is 2.72. The zero-order valence-electron chi connectivity index (χ0n) is 19.9. The van der Waals surface area contributed by atoms with E-state index in [-0.39, 0.29) is 18.0 Å². The average molecular weight is 474 g/mol. The molecule has 1 atom stereocenters. The summed E-state index contributed by atoms with van der Waals surface area (Å²) in [6, 6.07) is 3.05. The molecule has 1 saturated carbocycles. The van der Waals surface area contributed by atoms with Gasteiger partial charge in [0, 0.05) is 53.6 Å². The van der Waals surface area contributed by atoms with Crippen LogP contribution in [0.2, 0.25) is 0 Å². The third-order valence-corrected chi connectivity index (χ3v) is 7.96. The van der Waals surface area contributed by atoms with Crippen LogP contribution in [0, 0.1) is 12.8 Å². The monoisotopic (exact) mass is 473 g/mol. The zero-order chi connectivity index (χ0) is 23.5. The Morgan fingerprint density at radius 3 is 2.67 bits per heavy atom. The third kappa shape index (κ3) is 5.36. The van der Waals surface area contributed by atoms with E-state index in [2.05, 4.69) is 27.5 Å². The molecule has 180 valence electrons. The lowest BCUT2D eigenvalue weighted by atomic mass is 9.77. The van der Waals surface area contributed by atoms with Gasteiger partial charge in [-0.2, -0.15) is 0 Å². The van der Waals surface area contributed by atoms with Crippen LogP contribution in [0.3, 0.4) is 0 Å². The van der Waals surface area contributed by atoms with Crippen molar-refractivity contribution in [2.75, 3.05) is 19.5 Å². The minimum atomic E-state index is -0.265. The highest BCUT2D eigenvalue weighted by Gasteiger charge is 2.30. The van der Waals surface area contributed by atoms with Crippen LogP contribution in [0.15, 0.2) is 22.0 Å². The number of thioether (sulfide) groups is 1. The number of hydrogen-bond acceptors (Lipinski definition) is 6. The average Bonchev–Trinajstić information content (AvgIpc) is 3.16. The molecule has 3 heterocycles. The number of carbonyl (C=O) groups is 1. The summed E-state index contributed by atoms with van der Waals surface area (Å²) in [5.74, 6) is 1.03. The molecule has 0 spiro atoms. The van der Waals surface area contributed by atoms with E-state index in [1.807, 2.05) is 37.1 Å². The molecule has 3 N–H and O–H groups in total. The largest absolute Gasteiger partial charge is 0.378 e. The number of nitrogens with one attached hydrogen (secondary N) is 3. The Balaban J connectivity index is 1.36. The lowest BCUT2D eigenvalue weighted by molar-refractivity contribution is -0.0128. The molecule has 8 nitrogen and oxygen atoms in total. The second-order valence-corrected chi connectivity index (χ2v) is 10.2. The fraction of sp³-hybridized carbons (Fsp3) is 0.625. The van der Waals surface area contributed by atoms with Crippen molar-refractivity contribution in [1.29, 1.82) is 0 Å². The van der Waals surface area contributed by atoms with Crippen molar-refractivity contribution in [2.24, 2.45) is 13.0 Å². The van der Waals surface area contributed by atoms with E-state index in [0.717, 1.165) is 29.5 Å². The van der Waals surface area contributed by atoms with E-state index in [1.54, 1.807) is 0 Å². The van der Waals surface area contributed by atoms with Gasteiger partial charge in [-0.05, 0) is 50.8 Å². The number of imidazole rings is 1. The summed E-state index contributed by atoms with van der Waals surface area (Å²) in [4.78, 5) is 33.3. The highest BCUT2D eigenvalue weighted by Crippen LogP contribution is 2.36. The second kappa shape index (κ2) is 10.4. The number of aromatic nitrogens is 3. The molecular formula is C24H35N5O3S. The smallest absolute Gasteiger partial charge is 0.287 e. The van der Waals surface area contributed by atoms with E-state index in [1.165, 1.54) is 37.4 Å². The van der Waals surface area contributed by atoms with Crippen molar-refractivity contribution in [3.8, 4) is 0 Å². The van der Waals surface area contributed by atoms with Gasteiger partial charge in [-0.1, -0.05) is 6.92 Å². The maximum atomic E-state index is 12.9. The van der Waals surface area contributed by atoms with Crippen molar-refractivity contribution in [1.82, 2.24) is 25.2 Å². The lowest BCUT2D eigenvalue weighted by Gasteiger charge is -2.37. The summed E-state index contributed by atoms with van der Waals surface area (Å²) in [5.41, 5.74) is 2.30. The second-order valence-electron chi connectivity index (χ2n) is 9.38. The molecule has 4 rings (SSSR count). The first-order valence-corrected chi connectivity index (χ1v) is 13.0. The van der Waals surface area contributed by atoms with Gasteiger partial charge in [-0.15, -0.1) is 11.8 Å². The van der Waals surface area contributed by atoms with Crippen molar-refractivity contribution in [3.05, 3.63) is 45.4 Å². The highest BCUT2D eigenvalue weighted by atomic mass is 32.2. The van der Waals surface area contributed by atoms with Crippen LogP contribution in [0.4, 0.5) is 0 Å². The third-order valence-electron chi connectivity index (χ3n) is 7.16. The molecule has 1 saturated heterocycles. The number of hydrogen-bond donors (Lipinski definition) is 3. The molecule has 0 aromatic carbocycles. The minimum absolute atomic E-state index is 0.163. The number of ether oxygens (including phenoxy) is 1. The Bertz CT molecular complexity index is 1040. The van der Waals surface area contributed by atoms with Crippen molar-refractivity contribution in [2.45, 2.75) is 69.0 Å². The van der Waals surface area contributed by atoms with E-state index in [4.69, 9.17) is 4.74 Å². The quantitative estimate of drug-likeness (QED) is 0.510. The SMILES string of the molecule is CSc1cc(C)[nH]c(=O)c1CNC(=O)c1ncc([C@H](C)C2CCC(NC3COC3)CC2)n1C. The van der Waals surface area contributed by atoms with Gasteiger partial charge in [-0.3, -0.25) is 9.59 Å². The van der Waals surface area contributed by atoms with Crippen LogP contribution in [-0.2, 0) is 18.3 Å². The first kappa shape index (κ1) is 24.0. The van der Waals surface area contributed by atoms with Crippen LogP contribution in [0.25, 0.3) is 0 Å². The van der Waals surface area contributed by atoms with Gasteiger partial charge in [0.15, 0.2) is 5.82 Å². The summed E-state index contributed by atoms with van der Waals surface area (Å²) in [6.07, 6.45) is 8.47. The predicted molar refractivity (Wildman–Crippen MR) is 130 cm³/mol. The molecule has 33 heavy (non-hydrogen) atoms. The van der Waals surface area contributed by atoms with Gasteiger partial charge in [0.1, 0.15) is 0 Å². The summed E-state index contributed by atoms with van der Waals surface area (Å²) in [5, 5.41) is 6.59. The Morgan fingerprint density at radius 2 is 2.03 bits per heavy atom. The van der Waals surface area contributed by atoms with Crippen LogP contribution in [0.1, 0.15) is 66.1 Å². The van der Waals surface area contributed by atoms with Crippen molar-refractivity contribution in [3.63, 3.8) is 0 Å². The van der Waals surface area contributed by atoms with Crippen molar-refractivity contribution < 1.29 is 9.53 Å². The van der Waals surface area contributed by atoms with Crippen molar-refractivity contribution >= 4 is 17.7 Å². The molecule has 0 bridgehead atoms. The van der Waals surface area contributed by atoms with Gasteiger partial charge in [0.05, 0.1) is 19.3 Å². The van der Waals surface area contributed by atoms with E-state index < -0.39 is 0 Å². The minimum Gasteiger partial charge on any atom is -0.378 e. The van der Waals surface area contributed by atoms with Gasteiger partial charge < -0.3 is 24.9 Å². The number of aromatic amines is 1. The molecule has 2 fully saturated rings. The van der Waals surface area contributed by atoms with Gasteiger partial charge >= 0.3 is 0 Å². The number of H-pyrrole nitrogens is 1. The van der Waals surface area contributed by atoms with Gasteiger partial charge in [-0.25, -0.2) is 4.98 Å². The van der Waals surface area contributed by atoms with Crippen LogP contribution < -0.4 is 16.2 Å². The first-order chi connectivity index (χ1) is 15.9. The fourth-order valence-electron chi connectivity index (χ4n) is 5.03. The summed E-state index contributed by atoms with van der Waals surface area (Å²) in [6.45, 7) is 5.95. The summed E-state index contributed by atoms with van der Waals surface area (Å²) >= 11 is 1.50. The van der Waals surface area contributed by atoms with Crippen LogP contribution >= 0.6 is 11.8 Å². The van der Waals surface area contributed by atoms with E-state index >= 15 is 0 Å². The normalized spacial score (nSPS) is 22.1. The number of pyridine rings is 1. The Hall–Kier alpha value is -2.10. The number of carbonyl (C=O) groups excluding carboxylic acids is 1. The first-order valence-electron chi connectivity index (χ1n) is 11.8. The molecule has 1 aliphatic heterocycles. The molecule has 2 aliphatic rings. The van der Waals surface area contributed by atoms with Gasteiger partial charge in [0.25, 0.3) is 11.5 Å². The molecule has 1 amide bonds. The molecule has 9 heteroatoms. The highest BCUT2D eigenvalue weighted by molar-refractivity contribution is 7.98. The van der Waals surface area contributed by atoms with E-state index in [0.29, 0.717) is 35.3 Å².